The summed E-state index contributed by atoms with van der Waals surface area (Å²) in [6, 6.07) is 6.32. The average molecular weight is 273 g/mol. The molecule has 1 aromatic carbocycles. The quantitative estimate of drug-likeness (QED) is 0.900. The van der Waals surface area contributed by atoms with Crippen LogP contribution in [0.25, 0.3) is 0 Å². The van der Waals surface area contributed by atoms with E-state index in [-0.39, 0.29) is 11.3 Å². The van der Waals surface area contributed by atoms with E-state index in [1.165, 1.54) is 18.2 Å². The van der Waals surface area contributed by atoms with Crippen LogP contribution in [0.3, 0.4) is 0 Å². The second-order valence-electron chi connectivity index (χ2n) is 4.52. The van der Waals surface area contributed by atoms with E-state index in [0.717, 1.165) is 0 Å². The zero-order chi connectivity index (χ0) is 13.3. The molecule has 92 valence electrons. The molecule has 0 aliphatic carbocycles. The molecule has 0 amide bonds. The number of benzene rings is 1. The largest absolute Gasteiger partial charge is 0.282 e. The number of rotatable bonds is 2. The Morgan fingerprint density at radius 1 is 1.35 bits per heavy atom. The minimum Gasteiger partial charge on any atom is -0.282 e. The van der Waals surface area contributed by atoms with Crippen LogP contribution in [0.5, 0.6) is 0 Å². The number of nitrogens with one attached hydrogen (secondary N) is 1. The van der Waals surface area contributed by atoms with Crippen LogP contribution < -0.4 is 4.72 Å². The first-order chi connectivity index (χ1) is 7.67. The third-order valence-electron chi connectivity index (χ3n) is 2.15. The van der Waals surface area contributed by atoms with Crippen molar-refractivity contribution in [3.05, 3.63) is 28.8 Å². The SMILES string of the molecule is CC(C)(C)S(=O)(=O)Nc1ccc(Cl)cc1C#N. The Bertz CT molecular complexity index is 568. The van der Waals surface area contributed by atoms with E-state index in [1.54, 1.807) is 20.8 Å². The lowest BCUT2D eigenvalue weighted by Gasteiger charge is -2.20. The highest BCUT2D eigenvalue weighted by Crippen LogP contribution is 2.24. The van der Waals surface area contributed by atoms with Gasteiger partial charge in [0.05, 0.1) is 16.0 Å². The second-order valence-corrected chi connectivity index (χ2v) is 7.39. The standard InChI is InChI=1S/C11H13ClN2O2S/c1-11(2,3)17(15,16)14-10-5-4-9(12)6-8(10)7-13/h4-6,14H,1-3H3. The average Bonchev–Trinajstić information content (AvgIpc) is 2.18. The number of hydrogen-bond acceptors (Lipinski definition) is 3. The van der Waals surface area contributed by atoms with E-state index in [2.05, 4.69) is 4.72 Å². The Hall–Kier alpha value is -1.25. The maximum Gasteiger partial charge on any atom is 0.237 e. The molecule has 0 heterocycles. The lowest BCUT2D eigenvalue weighted by Crippen LogP contribution is -2.33. The molecule has 17 heavy (non-hydrogen) atoms. The van der Waals surface area contributed by atoms with Crippen molar-refractivity contribution in [1.82, 2.24) is 0 Å². The van der Waals surface area contributed by atoms with Crippen molar-refractivity contribution in [1.29, 1.82) is 5.26 Å². The summed E-state index contributed by atoms with van der Waals surface area (Å²) in [5.41, 5.74) is 0.442. The molecule has 1 aromatic rings. The summed E-state index contributed by atoms with van der Waals surface area (Å²) in [5.74, 6) is 0. The summed E-state index contributed by atoms with van der Waals surface area (Å²) in [5, 5.41) is 9.29. The Morgan fingerprint density at radius 2 is 1.94 bits per heavy atom. The highest BCUT2D eigenvalue weighted by atomic mass is 35.5. The van der Waals surface area contributed by atoms with E-state index in [9.17, 15) is 8.42 Å². The van der Waals surface area contributed by atoms with Gasteiger partial charge in [0.25, 0.3) is 0 Å². The monoisotopic (exact) mass is 272 g/mol. The van der Waals surface area contributed by atoms with E-state index < -0.39 is 14.8 Å². The molecule has 1 rings (SSSR count). The van der Waals surface area contributed by atoms with Gasteiger partial charge in [0.15, 0.2) is 0 Å². The molecular formula is C11H13ClN2O2S. The normalized spacial score (nSPS) is 11.9. The third-order valence-corrected chi connectivity index (χ3v) is 4.49. The molecule has 0 saturated carbocycles. The van der Waals surface area contributed by atoms with E-state index in [1.807, 2.05) is 6.07 Å². The molecule has 0 spiro atoms. The van der Waals surface area contributed by atoms with Crippen LogP contribution in [0.2, 0.25) is 5.02 Å². The Morgan fingerprint density at radius 3 is 2.41 bits per heavy atom. The van der Waals surface area contributed by atoms with Gasteiger partial charge in [-0.1, -0.05) is 11.6 Å². The van der Waals surface area contributed by atoms with Crippen LogP contribution in [0.1, 0.15) is 26.3 Å². The Kier molecular flexibility index (Phi) is 3.70. The highest BCUT2D eigenvalue weighted by Gasteiger charge is 2.29. The smallest absolute Gasteiger partial charge is 0.237 e. The first-order valence-corrected chi connectivity index (χ1v) is 6.75. The van der Waals surface area contributed by atoms with Crippen LogP contribution in [0.4, 0.5) is 5.69 Å². The van der Waals surface area contributed by atoms with Gasteiger partial charge in [0.1, 0.15) is 6.07 Å². The topological polar surface area (TPSA) is 70.0 Å². The minimum absolute atomic E-state index is 0.199. The van der Waals surface area contributed by atoms with Gasteiger partial charge < -0.3 is 0 Å². The molecule has 0 unspecified atom stereocenters. The molecule has 6 heteroatoms. The van der Waals surface area contributed by atoms with Crippen molar-refractivity contribution in [3.8, 4) is 6.07 Å². The Balaban J connectivity index is 3.19. The maximum atomic E-state index is 11.9. The van der Waals surface area contributed by atoms with Crippen LogP contribution in [-0.2, 0) is 10.0 Å². The van der Waals surface area contributed by atoms with Gasteiger partial charge in [-0.25, -0.2) is 8.42 Å². The van der Waals surface area contributed by atoms with E-state index in [4.69, 9.17) is 16.9 Å². The molecule has 0 aliphatic heterocycles. The van der Waals surface area contributed by atoms with Gasteiger partial charge >= 0.3 is 0 Å². The summed E-state index contributed by atoms with van der Waals surface area (Å²) >= 11 is 5.73. The zero-order valence-electron chi connectivity index (χ0n) is 9.78. The molecular weight excluding hydrogens is 260 g/mol. The van der Waals surface area contributed by atoms with Gasteiger partial charge in [-0.2, -0.15) is 5.26 Å². The molecule has 0 aromatic heterocycles. The fraction of sp³-hybridized carbons (Fsp3) is 0.364. The first kappa shape index (κ1) is 13.8. The third kappa shape index (κ3) is 3.11. The van der Waals surface area contributed by atoms with Gasteiger partial charge in [-0.05, 0) is 39.0 Å². The summed E-state index contributed by atoms with van der Waals surface area (Å²) in [6.07, 6.45) is 0. The van der Waals surface area contributed by atoms with Gasteiger partial charge in [-0.15, -0.1) is 0 Å². The van der Waals surface area contributed by atoms with Gasteiger partial charge in [0, 0.05) is 5.02 Å². The number of halogens is 1. The van der Waals surface area contributed by atoms with E-state index >= 15 is 0 Å². The van der Waals surface area contributed by atoms with Crippen molar-refractivity contribution in [3.63, 3.8) is 0 Å². The molecule has 0 aliphatic rings. The summed E-state index contributed by atoms with van der Waals surface area (Å²) in [7, 11) is -3.54. The van der Waals surface area contributed by atoms with Gasteiger partial charge in [-0.3, -0.25) is 4.72 Å². The maximum absolute atomic E-state index is 11.9. The molecule has 0 fully saturated rings. The lowest BCUT2D eigenvalue weighted by atomic mass is 10.2. The predicted molar refractivity (Wildman–Crippen MR) is 68.5 cm³/mol. The first-order valence-electron chi connectivity index (χ1n) is 4.89. The number of anilines is 1. The van der Waals surface area contributed by atoms with Crippen molar-refractivity contribution < 1.29 is 8.42 Å². The highest BCUT2D eigenvalue weighted by molar-refractivity contribution is 7.94. The predicted octanol–water partition coefficient (Wildman–Crippen LogP) is 2.75. The number of nitriles is 1. The summed E-state index contributed by atoms with van der Waals surface area (Å²) < 4.78 is 25.3. The van der Waals surface area contributed by atoms with Crippen molar-refractivity contribution in [2.75, 3.05) is 4.72 Å². The second kappa shape index (κ2) is 4.55. The Labute approximate surface area is 106 Å². The molecule has 1 N–H and O–H groups in total. The number of nitrogens with zero attached hydrogens (tertiary/aromatic N) is 1. The fourth-order valence-corrected chi connectivity index (χ4v) is 1.94. The van der Waals surface area contributed by atoms with Crippen molar-refractivity contribution in [2.24, 2.45) is 0 Å². The summed E-state index contributed by atoms with van der Waals surface area (Å²) in [6.45, 7) is 4.74. The van der Waals surface area contributed by atoms with Crippen LogP contribution >= 0.6 is 11.6 Å². The van der Waals surface area contributed by atoms with Crippen LogP contribution in [0, 0.1) is 11.3 Å². The van der Waals surface area contributed by atoms with Crippen molar-refractivity contribution in [2.45, 2.75) is 25.5 Å². The molecule has 0 radical (unpaired) electrons. The molecule has 0 bridgehead atoms. The lowest BCUT2D eigenvalue weighted by molar-refractivity contribution is 0.566. The number of hydrogen-bond donors (Lipinski definition) is 1. The van der Waals surface area contributed by atoms with Crippen LogP contribution in [-0.4, -0.2) is 13.2 Å². The van der Waals surface area contributed by atoms with E-state index in [0.29, 0.717) is 5.02 Å². The number of sulfonamides is 1. The van der Waals surface area contributed by atoms with Crippen molar-refractivity contribution >= 4 is 27.3 Å². The zero-order valence-corrected chi connectivity index (χ0v) is 11.4. The van der Waals surface area contributed by atoms with Gasteiger partial charge in [0.2, 0.25) is 10.0 Å². The molecule has 4 nitrogen and oxygen atoms in total. The fourth-order valence-electron chi connectivity index (χ4n) is 0.996. The van der Waals surface area contributed by atoms with Crippen LogP contribution in [0.15, 0.2) is 18.2 Å². The summed E-state index contributed by atoms with van der Waals surface area (Å²) in [4.78, 5) is 0. The molecule has 0 saturated heterocycles. The minimum atomic E-state index is -3.54. The molecule has 0 atom stereocenters.